The Balaban J connectivity index is 1.51. The van der Waals surface area contributed by atoms with Gasteiger partial charge in [-0.15, -0.1) is 23.2 Å². The van der Waals surface area contributed by atoms with Crippen LogP contribution in [0.4, 0.5) is 19.0 Å². The molecule has 1 saturated heterocycles. The molecule has 1 aliphatic carbocycles. The summed E-state index contributed by atoms with van der Waals surface area (Å²) in [5.41, 5.74) is -0.761. The number of anilines is 1. The fourth-order valence-corrected chi connectivity index (χ4v) is 3.30. The van der Waals surface area contributed by atoms with E-state index in [9.17, 15) is 18.0 Å². The molecule has 0 aromatic carbocycles. The molecule has 1 aliphatic heterocycles. The minimum Gasteiger partial charge on any atom is -0.356 e. The number of rotatable bonds is 3. The van der Waals surface area contributed by atoms with Crippen molar-refractivity contribution >= 4 is 34.9 Å². The molecule has 1 unspecified atom stereocenters. The molecule has 0 spiro atoms. The van der Waals surface area contributed by atoms with Crippen LogP contribution in [-0.4, -0.2) is 34.4 Å². The van der Waals surface area contributed by atoms with Crippen LogP contribution in [0.1, 0.15) is 24.8 Å². The summed E-state index contributed by atoms with van der Waals surface area (Å²) in [6.45, 7) is 1.22. The zero-order valence-electron chi connectivity index (χ0n) is 12.6. The van der Waals surface area contributed by atoms with Crippen molar-refractivity contribution in [3.8, 4) is 0 Å². The van der Waals surface area contributed by atoms with Crippen LogP contribution in [-0.2, 0) is 11.0 Å². The van der Waals surface area contributed by atoms with Crippen molar-refractivity contribution in [1.29, 1.82) is 0 Å². The minimum absolute atomic E-state index is 0.0212. The maximum atomic E-state index is 12.5. The number of aromatic nitrogens is 1. The van der Waals surface area contributed by atoms with Gasteiger partial charge in [0.2, 0.25) is 5.91 Å². The van der Waals surface area contributed by atoms with Gasteiger partial charge in [-0.05, 0) is 31.4 Å². The third-order valence-electron chi connectivity index (χ3n) is 4.38. The molecule has 2 fully saturated rings. The predicted octanol–water partition coefficient (Wildman–Crippen LogP) is 3.38. The SMILES string of the molecule is O=C(NC1CCN(c2ccc(C(F)(F)F)cn2)CC1)C1CC1(Cl)Cl. The lowest BCUT2D eigenvalue weighted by molar-refractivity contribution is -0.137. The molecule has 9 heteroatoms. The van der Waals surface area contributed by atoms with Gasteiger partial charge in [0.05, 0.1) is 11.5 Å². The minimum atomic E-state index is -4.38. The summed E-state index contributed by atoms with van der Waals surface area (Å²) in [7, 11) is 0. The average molecular weight is 382 g/mol. The van der Waals surface area contributed by atoms with Gasteiger partial charge in [-0.25, -0.2) is 4.98 Å². The number of nitrogens with one attached hydrogen (secondary N) is 1. The zero-order chi connectivity index (χ0) is 17.5. The van der Waals surface area contributed by atoms with Crippen LogP contribution in [0.5, 0.6) is 0 Å². The Hall–Kier alpha value is -1.21. The van der Waals surface area contributed by atoms with E-state index in [4.69, 9.17) is 23.2 Å². The molecule has 24 heavy (non-hydrogen) atoms. The molecule has 4 nitrogen and oxygen atoms in total. The Kier molecular flexibility index (Phi) is 4.59. The molecule has 1 N–H and O–H groups in total. The van der Waals surface area contributed by atoms with E-state index in [1.807, 2.05) is 4.90 Å². The van der Waals surface area contributed by atoms with Gasteiger partial charge in [-0.2, -0.15) is 13.2 Å². The number of carbonyl (C=O) groups is 1. The molecule has 1 atom stereocenters. The van der Waals surface area contributed by atoms with Crippen molar-refractivity contribution < 1.29 is 18.0 Å². The van der Waals surface area contributed by atoms with Crippen LogP contribution in [0, 0.1) is 5.92 Å². The van der Waals surface area contributed by atoms with Crippen molar-refractivity contribution in [3.63, 3.8) is 0 Å². The summed E-state index contributed by atoms with van der Waals surface area (Å²) < 4.78 is 36.7. The van der Waals surface area contributed by atoms with Crippen molar-refractivity contribution in [2.45, 2.75) is 35.8 Å². The molecular formula is C15H16Cl2F3N3O. The Bertz CT molecular complexity index is 613. The normalized spacial score (nSPS) is 23.9. The smallest absolute Gasteiger partial charge is 0.356 e. The van der Waals surface area contributed by atoms with Crippen molar-refractivity contribution in [3.05, 3.63) is 23.9 Å². The fraction of sp³-hybridized carbons (Fsp3) is 0.600. The van der Waals surface area contributed by atoms with Gasteiger partial charge in [-0.1, -0.05) is 0 Å². The number of piperidine rings is 1. The highest BCUT2D eigenvalue weighted by atomic mass is 35.5. The number of halogens is 5. The maximum Gasteiger partial charge on any atom is 0.417 e. The molecule has 0 radical (unpaired) electrons. The summed E-state index contributed by atoms with van der Waals surface area (Å²) >= 11 is 11.8. The molecule has 1 saturated carbocycles. The molecule has 3 rings (SSSR count). The van der Waals surface area contributed by atoms with Gasteiger partial charge in [0.1, 0.15) is 10.2 Å². The first-order valence-electron chi connectivity index (χ1n) is 7.63. The zero-order valence-corrected chi connectivity index (χ0v) is 14.1. The van der Waals surface area contributed by atoms with E-state index in [1.54, 1.807) is 0 Å². The average Bonchev–Trinajstić information content (AvgIpc) is 3.16. The van der Waals surface area contributed by atoms with E-state index in [0.717, 1.165) is 12.3 Å². The number of amides is 1. The highest BCUT2D eigenvalue weighted by molar-refractivity contribution is 6.52. The Morgan fingerprint density at radius 2 is 1.92 bits per heavy atom. The topological polar surface area (TPSA) is 45.2 Å². The quantitative estimate of drug-likeness (QED) is 0.816. The van der Waals surface area contributed by atoms with E-state index >= 15 is 0 Å². The van der Waals surface area contributed by atoms with Crippen LogP contribution in [0.3, 0.4) is 0 Å². The van der Waals surface area contributed by atoms with Crippen molar-refractivity contribution in [1.82, 2.24) is 10.3 Å². The molecule has 2 heterocycles. The second kappa shape index (κ2) is 6.26. The molecule has 2 aliphatic rings. The fourth-order valence-electron chi connectivity index (χ4n) is 2.79. The highest BCUT2D eigenvalue weighted by Crippen LogP contribution is 2.53. The van der Waals surface area contributed by atoms with Gasteiger partial charge in [0.15, 0.2) is 0 Å². The predicted molar refractivity (Wildman–Crippen MR) is 85.2 cm³/mol. The second-order valence-electron chi connectivity index (χ2n) is 6.19. The van der Waals surface area contributed by atoms with E-state index in [0.29, 0.717) is 38.2 Å². The van der Waals surface area contributed by atoms with Gasteiger partial charge in [0.25, 0.3) is 0 Å². The van der Waals surface area contributed by atoms with Crippen molar-refractivity contribution in [2.75, 3.05) is 18.0 Å². The summed E-state index contributed by atoms with van der Waals surface area (Å²) in [5.74, 6) is 0.0250. The van der Waals surface area contributed by atoms with Gasteiger partial charge < -0.3 is 10.2 Å². The summed E-state index contributed by atoms with van der Waals surface area (Å²) in [6.07, 6.45) is -1.68. The summed E-state index contributed by atoms with van der Waals surface area (Å²) in [5, 5.41) is 2.93. The van der Waals surface area contributed by atoms with E-state index < -0.39 is 16.1 Å². The number of carbonyl (C=O) groups excluding carboxylic acids is 1. The Morgan fingerprint density at radius 3 is 2.38 bits per heavy atom. The van der Waals surface area contributed by atoms with E-state index in [-0.39, 0.29) is 17.9 Å². The number of hydrogen-bond acceptors (Lipinski definition) is 3. The van der Waals surface area contributed by atoms with E-state index in [2.05, 4.69) is 10.3 Å². The first kappa shape index (κ1) is 17.6. The van der Waals surface area contributed by atoms with E-state index in [1.165, 1.54) is 6.07 Å². The summed E-state index contributed by atoms with van der Waals surface area (Å²) in [4.78, 5) is 17.8. The first-order chi connectivity index (χ1) is 11.2. The van der Waals surface area contributed by atoms with Crippen LogP contribution in [0.15, 0.2) is 18.3 Å². The van der Waals surface area contributed by atoms with Crippen LogP contribution >= 0.6 is 23.2 Å². The highest BCUT2D eigenvalue weighted by Gasteiger charge is 2.56. The number of hydrogen-bond donors (Lipinski definition) is 1. The standard InChI is InChI=1S/C15H16Cl2F3N3O/c16-14(17)7-11(14)13(24)22-10-3-5-23(6-4-10)12-2-1-9(8-21-12)15(18,19)20/h1-2,8,10-11H,3-7H2,(H,22,24). The lowest BCUT2D eigenvalue weighted by Crippen LogP contribution is -2.45. The van der Waals surface area contributed by atoms with Crippen LogP contribution in [0.2, 0.25) is 0 Å². The van der Waals surface area contributed by atoms with Crippen molar-refractivity contribution in [2.24, 2.45) is 5.92 Å². The lowest BCUT2D eigenvalue weighted by atomic mass is 10.0. The molecule has 1 aromatic rings. The summed E-state index contributed by atoms with van der Waals surface area (Å²) in [6, 6.07) is 2.43. The molecule has 1 amide bonds. The Morgan fingerprint density at radius 1 is 1.29 bits per heavy atom. The van der Waals surface area contributed by atoms with Gasteiger partial charge in [0, 0.05) is 25.3 Å². The molecular weight excluding hydrogens is 366 g/mol. The number of alkyl halides is 5. The van der Waals surface area contributed by atoms with Crippen LogP contribution < -0.4 is 10.2 Å². The number of nitrogens with zero attached hydrogens (tertiary/aromatic N) is 2. The monoisotopic (exact) mass is 381 g/mol. The molecule has 0 bridgehead atoms. The Labute approximate surface area is 147 Å². The third-order valence-corrected chi connectivity index (χ3v) is 5.22. The van der Waals surface area contributed by atoms with Crippen LogP contribution in [0.25, 0.3) is 0 Å². The number of pyridine rings is 1. The third kappa shape index (κ3) is 3.88. The molecule has 1 aromatic heterocycles. The largest absolute Gasteiger partial charge is 0.417 e. The lowest BCUT2D eigenvalue weighted by Gasteiger charge is -2.33. The molecule has 132 valence electrons. The maximum absolute atomic E-state index is 12.5. The first-order valence-corrected chi connectivity index (χ1v) is 8.39. The van der Waals surface area contributed by atoms with Gasteiger partial charge >= 0.3 is 6.18 Å². The van der Waals surface area contributed by atoms with Gasteiger partial charge in [-0.3, -0.25) is 4.79 Å². The second-order valence-corrected chi connectivity index (χ2v) is 7.73.